The Hall–Kier alpha value is -0.440. The van der Waals surface area contributed by atoms with Crippen LogP contribution in [0.2, 0.25) is 5.02 Å². The van der Waals surface area contributed by atoms with E-state index < -0.39 is 0 Å². The number of hydrogen-bond acceptors (Lipinski definition) is 2. The van der Waals surface area contributed by atoms with Gasteiger partial charge in [0, 0.05) is 6.54 Å². The molecule has 0 radical (unpaired) electrons. The predicted octanol–water partition coefficient (Wildman–Crippen LogP) is 0.242. The molecule has 0 fully saturated rings. The smallest absolute Gasteiger partial charge is 0.137 e. The van der Waals surface area contributed by atoms with Gasteiger partial charge in [-0.05, 0) is 37.6 Å². The average Bonchev–Trinajstić information content (AvgIpc) is 2.23. The Morgan fingerprint density at radius 2 is 2.06 bits per heavy atom. The third kappa shape index (κ3) is 5.06. The van der Waals surface area contributed by atoms with Gasteiger partial charge in [-0.25, -0.2) is 0 Å². The molecular formula is C12H18Cl2NO-. The highest BCUT2D eigenvalue weighted by atomic mass is 35.5. The summed E-state index contributed by atoms with van der Waals surface area (Å²) in [5, 5.41) is 4.02. The minimum absolute atomic E-state index is 0. The summed E-state index contributed by atoms with van der Waals surface area (Å²) in [7, 11) is 0. The Kier molecular flexibility index (Phi) is 8.44. The quantitative estimate of drug-likeness (QED) is 0.742. The lowest BCUT2D eigenvalue weighted by Crippen LogP contribution is -3.00. The molecule has 1 aromatic carbocycles. The lowest BCUT2D eigenvalue weighted by molar-refractivity contribution is -0.00000367. The molecule has 16 heavy (non-hydrogen) atoms. The van der Waals surface area contributed by atoms with Crippen molar-refractivity contribution in [3.05, 3.63) is 28.8 Å². The van der Waals surface area contributed by atoms with Crippen LogP contribution in [-0.2, 0) is 6.54 Å². The maximum absolute atomic E-state index is 6.07. The molecule has 0 aliphatic heterocycles. The number of rotatable bonds is 6. The SMILES string of the molecule is CCCNCc1ccc(OCC)c(Cl)c1.[Cl-]. The van der Waals surface area contributed by atoms with Gasteiger partial charge in [0.1, 0.15) is 5.75 Å². The van der Waals surface area contributed by atoms with Gasteiger partial charge >= 0.3 is 0 Å². The van der Waals surface area contributed by atoms with Gasteiger partial charge in [-0.1, -0.05) is 24.6 Å². The summed E-state index contributed by atoms with van der Waals surface area (Å²) in [5.74, 6) is 0.762. The van der Waals surface area contributed by atoms with Crippen LogP contribution in [0.4, 0.5) is 0 Å². The molecule has 0 amide bonds. The predicted molar refractivity (Wildman–Crippen MR) is 64.6 cm³/mol. The zero-order chi connectivity index (χ0) is 11.1. The first-order valence-electron chi connectivity index (χ1n) is 5.39. The van der Waals surface area contributed by atoms with E-state index in [4.69, 9.17) is 16.3 Å². The number of ether oxygens (including phenoxy) is 1. The van der Waals surface area contributed by atoms with Gasteiger partial charge in [0.15, 0.2) is 0 Å². The highest BCUT2D eigenvalue weighted by Gasteiger charge is 2.01. The van der Waals surface area contributed by atoms with Crippen LogP contribution in [0.1, 0.15) is 25.8 Å². The van der Waals surface area contributed by atoms with E-state index in [-0.39, 0.29) is 12.4 Å². The number of hydrogen-bond donors (Lipinski definition) is 1. The first-order valence-corrected chi connectivity index (χ1v) is 5.77. The molecule has 0 saturated carbocycles. The van der Waals surface area contributed by atoms with Gasteiger partial charge in [-0.15, -0.1) is 0 Å². The molecule has 0 bridgehead atoms. The van der Waals surface area contributed by atoms with Crippen LogP contribution in [0.25, 0.3) is 0 Å². The van der Waals surface area contributed by atoms with Crippen molar-refractivity contribution in [3.8, 4) is 5.75 Å². The molecule has 4 heteroatoms. The van der Waals surface area contributed by atoms with Gasteiger partial charge in [-0.2, -0.15) is 0 Å². The second kappa shape index (κ2) is 8.68. The molecular weight excluding hydrogens is 245 g/mol. The molecule has 0 unspecified atom stereocenters. The van der Waals surface area contributed by atoms with Gasteiger partial charge in [0.05, 0.1) is 11.6 Å². The van der Waals surface area contributed by atoms with Crippen molar-refractivity contribution in [1.29, 1.82) is 0 Å². The number of nitrogens with one attached hydrogen (secondary N) is 1. The molecule has 1 aromatic rings. The number of halogens is 2. The van der Waals surface area contributed by atoms with Crippen LogP contribution in [0.5, 0.6) is 5.75 Å². The van der Waals surface area contributed by atoms with Crippen molar-refractivity contribution >= 4 is 11.6 Å². The van der Waals surface area contributed by atoms with Crippen molar-refractivity contribution in [2.24, 2.45) is 0 Å². The molecule has 0 aliphatic carbocycles. The van der Waals surface area contributed by atoms with Crippen molar-refractivity contribution in [3.63, 3.8) is 0 Å². The summed E-state index contributed by atoms with van der Waals surface area (Å²) in [4.78, 5) is 0. The average molecular weight is 263 g/mol. The highest BCUT2D eigenvalue weighted by molar-refractivity contribution is 6.32. The fourth-order valence-corrected chi connectivity index (χ4v) is 1.59. The Morgan fingerprint density at radius 3 is 2.62 bits per heavy atom. The van der Waals surface area contributed by atoms with Crippen molar-refractivity contribution in [2.75, 3.05) is 13.2 Å². The van der Waals surface area contributed by atoms with Gasteiger partial charge in [-0.3, -0.25) is 0 Å². The summed E-state index contributed by atoms with van der Waals surface area (Å²) in [5.41, 5.74) is 1.19. The molecule has 0 heterocycles. The van der Waals surface area contributed by atoms with E-state index in [1.54, 1.807) is 0 Å². The molecule has 0 atom stereocenters. The van der Waals surface area contributed by atoms with Crippen LogP contribution >= 0.6 is 11.6 Å². The van der Waals surface area contributed by atoms with Gasteiger partial charge in [0.25, 0.3) is 0 Å². The van der Waals surface area contributed by atoms with E-state index in [0.29, 0.717) is 11.6 Å². The fourth-order valence-electron chi connectivity index (χ4n) is 1.34. The first-order chi connectivity index (χ1) is 7.27. The second-order valence-electron chi connectivity index (χ2n) is 3.37. The standard InChI is InChI=1S/C12H18ClNO.ClH/c1-3-7-14-9-10-5-6-12(15-4-2)11(13)8-10;/h5-6,8,14H,3-4,7,9H2,1-2H3;1H/p-1. The van der Waals surface area contributed by atoms with Crippen molar-refractivity contribution in [1.82, 2.24) is 5.32 Å². The van der Waals surface area contributed by atoms with Crippen molar-refractivity contribution in [2.45, 2.75) is 26.8 Å². The maximum atomic E-state index is 6.07. The fraction of sp³-hybridized carbons (Fsp3) is 0.500. The Bertz CT molecular complexity index is 305. The summed E-state index contributed by atoms with van der Waals surface area (Å²) in [6, 6.07) is 5.92. The van der Waals surface area contributed by atoms with E-state index in [0.717, 1.165) is 25.3 Å². The van der Waals surface area contributed by atoms with Crippen LogP contribution in [0.3, 0.4) is 0 Å². The summed E-state index contributed by atoms with van der Waals surface area (Å²) >= 11 is 6.07. The molecule has 0 saturated heterocycles. The normalized spacial score (nSPS) is 9.69. The van der Waals surface area contributed by atoms with Crippen LogP contribution < -0.4 is 22.5 Å². The highest BCUT2D eigenvalue weighted by Crippen LogP contribution is 2.25. The molecule has 1 rings (SSSR count). The topological polar surface area (TPSA) is 21.3 Å². The minimum Gasteiger partial charge on any atom is -1.00 e. The zero-order valence-corrected chi connectivity index (χ0v) is 11.2. The third-order valence-electron chi connectivity index (χ3n) is 2.05. The van der Waals surface area contributed by atoms with Gasteiger partial charge < -0.3 is 22.5 Å². The molecule has 2 nitrogen and oxygen atoms in total. The monoisotopic (exact) mass is 262 g/mol. The Morgan fingerprint density at radius 1 is 1.31 bits per heavy atom. The number of benzene rings is 1. The van der Waals surface area contributed by atoms with E-state index >= 15 is 0 Å². The van der Waals surface area contributed by atoms with E-state index in [9.17, 15) is 0 Å². The molecule has 0 aliphatic rings. The zero-order valence-electron chi connectivity index (χ0n) is 9.72. The molecule has 1 N–H and O–H groups in total. The van der Waals surface area contributed by atoms with Gasteiger partial charge in [0.2, 0.25) is 0 Å². The third-order valence-corrected chi connectivity index (χ3v) is 2.35. The van der Waals surface area contributed by atoms with E-state index in [1.807, 2.05) is 25.1 Å². The van der Waals surface area contributed by atoms with Crippen LogP contribution in [-0.4, -0.2) is 13.2 Å². The Balaban J connectivity index is 0.00000225. The minimum atomic E-state index is 0. The molecule has 0 aromatic heterocycles. The summed E-state index contributed by atoms with van der Waals surface area (Å²) in [6.45, 7) is 6.64. The lowest BCUT2D eigenvalue weighted by atomic mass is 10.2. The Labute approximate surface area is 109 Å². The van der Waals surface area contributed by atoms with E-state index in [1.165, 1.54) is 5.56 Å². The van der Waals surface area contributed by atoms with Crippen molar-refractivity contribution < 1.29 is 17.1 Å². The second-order valence-corrected chi connectivity index (χ2v) is 3.78. The lowest BCUT2D eigenvalue weighted by Gasteiger charge is -2.08. The molecule has 92 valence electrons. The summed E-state index contributed by atoms with van der Waals surface area (Å²) in [6.07, 6.45) is 1.14. The maximum Gasteiger partial charge on any atom is 0.137 e. The first kappa shape index (κ1) is 15.6. The van der Waals surface area contributed by atoms with E-state index in [2.05, 4.69) is 12.2 Å². The van der Waals surface area contributed by atoms with Crippen LogP contribution in [0.15, 0.2) is 18.2 Å². The van der Waals surface area contributed by atoms with Crippen LogP contribution in [0, 0.1) is 0 Å². The summed E-state index contributed by atoms with van der Waals surface area (Å²) < 4.78 is 5.36. The molecule has 0 spiro atoms. The largest absolute Gasteiger partial charge is 1.00 e.